The number of aromatic nitrogens is 1. The lowest BCUT2D eigenvalue weighted by atomic mass is 10.1. The van der Waals surface area contributed by atoms with Crippen LogP contribution in [-0.4, -0.2) is 6.79 Å². The van der Waals surface area contributed by atoms with Crippen LogP contribution < -0.4 is 9.30 Å². The molecule has 98 valence electrons. The average molecular weight is 260 g/mol. The molecule has 4 heteroatoms. The number of ether oxygens (including phenoxy) is 2. The number of benzene rings is 1. The fourth-order valence-corrected chi connectivity index (χ4v) is 2.21. The van der Waals surface area contributed by atoms with Gasteiger partial charge in [0.15, 0.2) is 25.7 Å². The van der Waals surface area contributed by atoms with Crippen molar-refractivity contribution in [2.24, 2.45) is 0 Å². The highest BCUT2D eigenvalue weighted by Gasteiger charge is 2.19. The standard InChI is InChI=1S/C15H15FNO2/c1-11-2-4-17(5-3-11)8-12-6-14(16)7-13-9-18-10-19-15(12)13/h2-7H,8-10H2,1H3/q+1. The molecule has 1 aliphatic rings. The van der Waals surface area contributed by atoms with Crippen LogP contribution in [-0.2, 0) is 17.9 Å². The molecule has 1 aromatic heterocycles. The molecule has 0 unspecified atom stereocenters. The van der Waals surface area contributed by atoms with Crippen molar-refractivity contribution in [2.45, 2.75) is 20.1 Å². The molecule has 0 spiro atoms. The number of hydrogen-bond acceptors (Lipinski definition) is 2. The van der Waals surface area contributed by atoms with Gasteiger partial charge in [0.25, 0.3) is 0 Å². The van der Waals surface area contributed by atoms with E-state index in [2.05, 4.69) is 0 Å². The minimum absolute atomic E-state index is 0.226. The second kappa shape index (κ2) is 4.97. The van der Waals surface area contributed by atoms with E-state index in [1.807, 2.05) is 36.0 Å². The lowest BCUT2D eigenvalue weighted by molar-refractivity contribution is -0.688. The van der Waals surface area contributed by atoms with Gasteiger partial charge in [0.05, 0.1) is 12.2 Å². The number of hydrogen-bond donors (Lipinski definition) is 0. The fraction of sp³-hybridized carbons (Fsp3) is 0.267. The summed E-state index contributed by atoms with van der Waals surface area (Å²) in [7, 11) is 0. The third kappa shape index (κ3) is 2.58. The highest BCUT2D eigenvalue weighted by Crippen LogP contribution is 2.29. The Morgan fingerprint density at radius 2 is 2.05 bits per heavy atom. The van der Waals surface area contributed by atoms with Gasteiger partial charge in [-0.15, -0.1) is 0 Å². The molecule has 0 saturated carbocycles. The predicted molar refractivity (Wildman–Crippen MR) is 67.2 cm³/mol. The molecule has 0 radical (unpaired) electrons. The summed E-state index contributed by atoms with van der Waals surface area (Å²) in [4.78, 5) is 0. The number of rotatable bonds is 2. The van der Waals surface area contributed by atoms with E-state index in [1.54, 1.807) is 0 Å². The van der Waals surface area contributed by atoms with Gasteiger partial charge in [0, 0.05) is 17.7 Å². The van der Waals surface area contributed by atoms with Crippen molar-refractivity contribution in [2.75, 3.05) is 6.79 Å². The van der Waals surface area contributed by atoms with Crippen molar-refractivity contribution in [3.8, 4) is 5.75 Å². The summed E-state index contributed by atoms with van der Waals surface area (Å²) in [6.07, 6.45) is 3.96. The Morgan fingerprint density at radius 1 is 1.26 bits per heavy atom. The van der Waals surface area contributed by atoms with Crippen LogP contribution in [0.3, 0.4) is 0 Å². The molecule has 3 nitrogen and oxygen atoms in total. The van der Waals surface area contributed by atoms with Crippen LogP contribution in [0.2, 0.25) is 0 Å². The third-order valence-electron chi connectivity index (χ3n) is 3.16. The Bertz CT molecular complexity index is 596. The summed E-state index contributed by atoms with van der Waals surface area (Å²) in [6, 6.07) is 7.04. The predicted octanol–water partition coefficient (Wildman–Crippen LogP) is 2.34. The van der Waals surface area contributed by atoms with E-state index in [-0.39, 0.29) is 12.6 Å². The Kier molecular flexibility index (Phi) is 3.17. The lowest BCUT2D eigenvalue weighted by Gasteiger charge is -2.19. The molecular formula is C15H15FNO2+. The van der Waals surface area contributed by atoms with Gasteiger partial charge in [-0.3, -0.25) is 0 Å². The Balaban J connectivity index is 1.95. The van der Waals surface area contributed by atoms with Crippen LogP contribution in [0.25, 0.3) is 0 Å². The average Bonchev–Trinajstić information content (AvgIpc) is 2.41. The lowest BCUT2D eigenvalue weighted by Crippen LogP contribution is -2.33. The van der Waals surface area contributed by atoms with E-state index >= 15 is 0 Å². The second-order valence-electron chi connectivity index (χ2n) is 4.71. The monoisotopic (exact) mass is 260 g/mol. The molecular weight excluding hydrogens is 245 g/mol. The first-order chi connectivity index (χ1) is 9.22. The molecule has 19 heavy (non-hydrogen) atoms. The normalized spacial score (nSPS) is 13.8. The molecule has 0 aliphatic carbocycles. The summed E-state index contributed by atoms with van der Waals surface area (Å²) >= 11 is 0. The Morgan fingerprint density at radius 3 is 2.84 bits per heavy atom. The van der Waals surface area contributed by atoms with Crippen molar-refractivity contribution in [1.82, 2.24) is 0 Å². The molecule has 1 aromatic carbocycles. The van der Waals surface area contributed by atoms with E-state index in [9.17, 15) is 4.39 Å². The second-order valence-corrected chi connectivity index (χ2v) is 4.71. The molecule has 0 amide bonds. The highest BCUT2D eigenvalue weighted by atomic mass is 19.1. The van der Waals surface area contributed by atoms with E-state index in [1.165, 1.54) is 17.7 Å². The molecule has 0 atom stereocenters. The molecule has 1 aliphatic heterocycles. The smallest absolute Gasteiger partial charge is 0.189 e. The van der Waals surface area contributed by atoms with E-state index < -0.39 is 0 Å². The van der Waals surface area contributed by atoms with Gasteiger partial charge in [-0.25, -0.2) is 8.96 Å². The molecule has 0 bridgehead atoms. The number of fused-ring (bicyclic) bond motifs is 1. The Labute approximate surface area is 111 Å². The number of pyridine rings is 1. The van der Waals surface area contributed by atoms with Gasteiger partial charge in [-0.05, 0) is 24.6 Å². The van der Waals surface area contributed by atoms with Crippen LogP contribution in [0.1, 0.15) is 16.7 Å². The quantitative estimate of drug-likeness (QED) is 0.773. The summed E-state index contributed by atoms with van der Waals surface area (Å²) in [5.41, 5.74) is 2.81. The number of nitrogens with zero attached hydrogens (tertiary/aromatic N) is 1. The van der Waals surface area contributed by atoms with Crippen molar-refractivity contribution in [1.29, 1.82) is 0 Å². The zero-order valence-corrected chi connectivity index (χ0v) is 10.7. The molecule has 2 heterocycles. The van der Waals surface area contributed by atoms with Gasteiger partial charge >= 0.3 is 0 Å². The SMILES string of the molecule is Cc1cc[n+](Cc2cc(F)cc3c2OCOC3)cc1. The Hall–Kier alpha value is -1.94. The van der Waals surface area contributed by atoms with Gasteiger partial charge in [-0.2, -0.15) is 0 Å². The van der Waals surface area contributed by atoms with Crippen LogP contribution in [0.15, 0.2) is 36.7 Å². The van der Waals surface area contributed by atoms with Gasteiger partial charge in [-0.1, -0.05) is 0 Å². The van der Waals surface area contributed by atoms with Crippen LogP contribution in [0, 0.1) is 12.7 Å². The largest absolute Gasteiger partial charge is 0.467 e. The van der Waals surface area contributed by atoms with Gasteiger partial charge in [0.2, 0.25) is 0 Å². The molecule has 0 N–H and O–H groups in total. The van der Waals surface area contributed by atoms with Crippen molar-refractivity contribution < 1.29 is 18.4 Å². The first kappa shape index (κ1) is 12.1. The summed E-state index contributed by atoms with van der Waals surface area (Å²) in [5, 5.41) is 0. The van der Waals surface area contributed by atoms with E-state index in [4.69, 9.17) is 9.47 Å². The molecule has 2 aromatic rings. The van der Waals surface area contributed by atoms with Crippen molar-refractivity contribution >= 4 is 0 Å². The van der Waals surface area contributed by atoms with Crippen LogP contribution >= 0.6 is 0 Å². The maximum atomic E-state index is 13.6. The highest BCUT2D eigenvalue weighted by molar-refractivity contribution is 5.42. The topological polar surface area (TPSA) is 22.3 Å². The zero-order chi connectivity index (χ0) is 13.2. The first-order valence-electron chi connectivity index (χ1n) is 6.20. The van der Waals surface area contributed by atoms with Crippen LogP contribution in [0.5, 0.6) is 5.75 Å². The summed E-state index contributed by atoms with van der Waals surface area (Å²) in [6.45, 7) is 3.25. The molecule has 3 rings (SSSR count). The minimum Gasteiger partial charge on any atom is -0.467 e. The minimum atomic E-state index is -0.254. The molecule has 0 saturated heterocycles. The van der Waals surface area contributed by atoms with Gasteiger partial charge in [0.1, 0.15) is 11.6 Å². The maximum absolute atomic E-state index is 13.6. The summed E-state index contributed by atoms with van der Waals surface area (Å²) < 4.78 is 26.3. The van der Waals surface area contributed by atoms with E-state index in [0.29, 0.717) is 13.2 Å². The third-order valence-corrected chi connectivity index (χ3v) is 3.16. The van der Waals surface area contributed by atoms with Crippen molar-refractivity contribution in [3.05, 3.63) is 59.2 Å². The first-order valence-corrected chi connectivity index (χ1v) is 6.20. The van der Waals surface area contributed by atoms with Crippen molar-refractivity contribution in [3.63, 3.8) is 0 Å². The zero-order valence-electron chi connectivity index (χ0n) is 10.7. The summed E-state index contributed by atoms with van der Waals surface area (Å²) in [5.74, 6) is 0.497. The number of halogens is 1. The van der Waals surface area contributed by atoms with Crippen LogP contribution in [0.4, 0.5) is 4.39 Å². The van der Waals surface area contributed by atoms with Gasteiger partial charge < -0.3 is 9.47 Å². The fourth-order valence-electron chi connectivity index (χ4n) is 2.21. The number of aryl methyl sites for hydroxylation is 1. The maximum Gasteiger partial charge on any atom is 0.189 e. The van der Waals surface area contributed by atoms with E-state index in [0.717, 1.165) is 16.9 Å². The molecule has 0 fully saturated rings.